The molecule has 1 amide bonds. The molecule has 1 N–H and O–H groups in total. The van der Waals surface area contributed by atoms with Gasteiger partial charge in [0.25, 0.3) is 0 Å². The van der Waals surface area contributed by atoms with Crippen LogP contribution in [0.4, 0.5) is 0 Å². The van der Waals surface area contributed by atoms with Crippen LogP contribution in [-0.2, 0) is 10.2 Å². The normalized spacial score (nSPS) is 24.6. The van der Waals surface area contributed by atoms with Gasteiger partial charge in [-0.1, -0.05) is 23.7 Å². The summed E-state index contributed by atoms with van der Waals surface area (Å²) in [7, 11) is 2.03. The molecule has 0 aromatic heterocycles. The van der Waals surface area contributed by atoms with Crippen LogP contribution in [0.3, 0.4) is 0 Å². The molecule has 3 nitrogen and oxygen atoms in total. The van der Waals surface area contributed by atoms with E-state index in [2.05, 4.69) is 22.3 Å². The molecule has 0 bridgehead atoms. The van der Waals surface area contributed by atoms with Gasteiger partial charge in [-0.25, -0.2) is 0 Å². The van der Waals surface area contributed by atoms with Crippen LogP contribution in [0.15, 0.2) is 24.3 Å². The highest BCUT2D eigenvalue weighted by atomic mass is 35.5. The van der Waals surface area contributed by atoms with Crippen LogP contribution < -0.4 is 5.32 Å². The zero-order valence-electron chi connectivity index (χ0n) is 11.9. The van der Waals surface area contributed by atoms with Crippen molar-refractivity contribution in [3.05, 3.63) is 34.9 Å². The molecule has 1 aromatic carbocycles. The third-order valence-electron chi connectivity index (χ3n) is 4.73. The van der Waals surface area contributed by atoms with E-state index in [-0.39, 0.29) is 17.4 Å². The molecule has 1 aromatic rings. The molecule has 1 aliphatic carbocycles. The molecule has 1 atom stereocenters. The molecule has 1 heterocycles. The van der Waals surface area contributed by atoms with Crippen molar-refractivity contribution in [3.8, 4) is 0 Å². The van der Waals surface area contributed by atoms with Gasteiger partial charge in [-0.2, -0.15) is 0 Å². The van der Waals surface area contributed by atoms with E-state index in [0.29, 0.717) is 0 Å². The van der Waals surface area contributed by atoms with Gasteiger partial charge in [-0.15, -0.1) is 0 Å². The third kappa shape index (κ3) is 2.70. The summed E-state index contributed by atoms with van der Waals surface area (Å²) in [5.74, 6) is 0.185. The molecule has 0 unspecified atom stereocenters. The number of rotatable bonds is 4. The maximum Gasteiger partial charge on any atom is 0.237 e. The summed E-state index contributed by atoms with van der Waals surface area (Å²) in [6.45, 7) is 1.78. The first kappa shape index (κ1) is 13.9. The first-order valence-electron chi connectivity index (χ1n) is 7.35. The van der Waals surface area contributed by atoms with E-state index in [1.807, 2.05) is 19.2 Å². The molecule has 1 saturated carbocycles. The fourth-order valence-corrected chi connectivity index (χ4v) is 3.26. The molecule has 20 heavy (non-hydrogen) atoms. The van der Waals surface area contributed by atoms with E-state index in [0.717, 1.165) is 43.8 Å². The Kier molecular flexibility index (Phi) is 3.74. The minimum absolute atomic E-state index is 0.0658. The van der Waals surface area contributed by atoms with Gasteiger partial charge in [-0.05, 0) is 57.0 Å². The van der Waals surface area contributed by atoms with Gasteiger partial charge < -0.3 is 5.32 Å². The predicted molar refractivity (Wildman–Crippen MR) is 81.0 cm³/mol. The fraction of sp³-hybridized carbons (Fsp3) is 0.562. The number of benzene rings is 1. The molecule has 4 heteroatoms. The highest BCUT2D eigenvalue weighted by Gasteiger charge is 2.44. The molecule has 0 spiro atoms. The van der Waals surface area contributed by atoms with Crippen LogP contribution in [0.2, 0.25) is 5.02 Å². The number of nitrogens with one attached hydrogen (secondary N) is 1. The third-order valence-corrected chi connectivity index (χ3v) is 4.99. The summed E-state index contributed by atoms with van der Waals surface area (Å²) >= 11 is 5.94. The zero-order chi connectivity index (χ0) is 14.2. The number of carbonyl (C=O) groups excluding carboxylic acids is 1. The van der Waals surface area contributed by atoms with Crippen molar-refractivity contribution in [2.75, 3.05) is 20.1 Å². The van der Waals surface area contributed by atoms with Gasteiger partial charge in [-0.3, -0.25) is 9.69 Å². The Morgan fingerprint density at radius 2 is 2.10 bits per heavy atom. The van der Waals surface area contributed by atoms with E-state index < -0.39 is 0 Å². The molecule has 2 fully saturated rings. The Bertz CT molecular complexity index is 496. The Hall–Kier alpha value is -1.06. The molecule has 0 radical (unpaired) electrons. The number of hydrogen-bond acceptors (Lipinski definition) is 2. The van der Waals surface area contributed by atoms with Crippen LogP contribution in [0.1, 0.15) is 31.2 Å². The summed E-state index contributed by atoms with van der Waals surface area (Å²) in [5, 5.41) is 3.92. The highest BCUT2D eigenvalue weighted by molar-refractivity contribution is 6.30. The zero-order valence-corrected chi connectivity index (χ0v) is 12.6. The number of carbonyl (C=O) groups is 1. The van der Waals surface area contributed by atoms with Crippen molar-refractivity contribution >= 4 is 17.5 Å². The summed E-state index contributed by atoms with van der Waals surface area (Å²) in [4.78, 5) is 14.4. The van der Waals surface area contributed by atoms with Crippen LogP contribution in [0.25, 0.3) is 0 Å². The Labute approximate surface area is 125 Å². The van der Waals surface area contributed by atoms with Crippen molar-refractivity contribution < 1.29 is 4.79 Å². The second kappa shape index (κ2) is 5.38. The topological polar surface area (TPSA) is 32.3 Å². The molecule has 1 saturated heterocycles. The largest absolute Gasteiger partial charge is 0.354 e. The van der Waals surface area contributed by atoms with Gasteiger partial charge in [0.05, 0.1) is 6.04 Å². The summed E-state index contributed by atoms with van der Waals surface area (Å²) < 4.78 is 0. The monoisotopic (exact) mass is 292 g/mol. The SMILES string of the molecule is CN1CCC[C@H]1C(=O)NCC1(c2ccc(Cl)cc2)CC1. The second-order valence-electron chi connectivity index (χ2n) is 6.14. The Morgan fingerprint density at radius 3 is 2.65 bits per heavy atom. The fourth-order valence-electron chi connectivity index (χ4n) is 3.14. The van der Waals surface area contributed by atoms with E-state index in [1.54, 1.807) is 0 Å². The standard InChI is InChI=1S/C16H21ClN2O/c1-19-10-2-3-14(19)15(20)18-11-16(8-9-16)12-4-6-13(17)7-5-12/h4-7,14H,2-3,8-11H2,1H3,(H,18,20)/t14-/m0/s1. The van der Waals surface area contributed by atoms with E-state index in [4.69, 9.17) is 11.6 Å². The number of likely N-dealkylation sites (N-methyl/N-ethyl adjacent to an activating group) is 1. The predicted octanol–water partition coefficient (Wildman–Crippen LogP) is 2.58. The highest BCUT2D eigenvalue weighted by Crippen LogP contribution is 2.47. The smallest absolute Gasteiger partial charge is 0.237 e. The summed E-state index contributed by atoms with van der Waals surface area (Å²) in [5.41, 5.74) is 1.44. The van der Waals surface area contributed by atoms with Crippen molar-refractivity contribution in [1.82, 2.24) is 10.2 Å². The van der Waals surface area contributed by atoms with E-state index in [1.165, 1.54) is 5.56 Å². The molecule has 108 valence electrons. The van der Waals surface area contributed by atoms with Crippen LogP contribution >= 0.6 is 11.6 Å². The van der Waals surface area contributed by atoms with Crippen molar-refractivity contribution in [1.29, 1.82) is 0 Å². The number of amides is 1. The lowest BCUT2D eigenvalue weighted by Gasteiger charge is -2.22. The Balaban J connectivity index is 1.60. The number of hydrogen-bond donors (Lipinski definition) is 1. The minimum Gasteiger partial charge on any atom is -0.354 e. The average molecular weight is 293 g/mol. The van der Waals surface area contributed by atoms with Gasteiger partial charge in [0.15, 0.2) is 0 Å². The molecule has 2 aliphatic rings. The van der Waals surface area contributed by atoms with E-state index in [9.17, 15) is 4.79 Å². The minimum atomic E-state index is 0.0658. The molecule has 1 aliphatic heterocycles. The quantitative estimate of drug-likeness (QED) is 0.925. The van der Waals surface area contributed by atoms with Gasteiger partial charge in [0.1, 0.15) is 0 Å². The van der Waals surface area contributed by atoms with Crippen molar-refractivity contribution in [2.24, 2.45) is 0 Å². The number of likely N-dealkylation sites (tertiary alicyclic amines) is 1. The van der Waals surface area contributed by atoms with Crippen LogP contribution in [-0.4, -0.2) is 37.0 Å². The maximum absolute atomic E-state index is 12.2. The lowest BCUT2D eigenvalue weighted by Crippen LogP contribution is -2.44. The second-order valence-corrected chi connectivity index (χ2v) is 6.58. The average Bonchev–Trinajstić information content (AvgIpc) is 3.11. The Morgan fingerprint density at radius 1 is 1.40 bits per heavy atom. The van der Waals surface area contributed by atoms with Crippen molar-refractivity contribution in [3.63, 3.8) is 0 Å². The maximum atomic E-state index is 12.2. The lowest BCUT2D eigenvalue weighted by atomic mass is 9.96. The molecule has 3 rings (SSSR count). The summed E-state index contributed by atoms with van der Waals surface area (Å²) in [6.07, 6.45) is 4.40. The summed E-state index contributed by atoms with van der Waals surface area (Å²) in [6, 6.07) is 8.11. The van der Waals surface area contributed by atoms with Crippen LogP contribution in [0, 0.1) is 0 Å². The van der Waals surface area contributed by atoms with Crippen LogP contribution in [0.5, 0.6) is 0 Å². The number of nitrogens with zero attached hydrogens (tertiary/aromatic N) is 1. The van der Waals surface area contributed by atoms with E-state index >= 15 is 0 Å². The van der Waals surface area contributed by atoms with Gasteiger partial charge >= 0.3 is 0 Å². The first-order chi connectivity index (χ1) is 9.61. The lowest BCUT2D eigenvalue weighted by molar-refractivity contribution is -0.125. The molecular formula is C16H21ClN2O. The molecular weight excluding hydrogens is 272 g/mol. The first-order valence-corrected chi connectivity index (χ1v) is 7.73. The van der Waals surface area contributed by atoms with Gasteiger partial charge in [0, 0.05) is 17.0 Å². The van der Waals surface area contributed by atoms with Crippen molar-refractivity contribution in [2.45, 2.75) is 37.1 Å². The van der Waals surface area contributed by atoms with Gasteiger partial charge in [0.2, 0.25) is 5.91 Å². The number of halogens is 1.